The molecular formula is C15H18N2O2. The number of hydrogen-bond acceptors (Lipinski definition) is 3. The average Bonchev–Trinajstić information content (AvgIpc) is 2.66. The average molecular weight is 258 g/mol. The van der Waals surface area contributed by atoms with Gasteiger partial charge in [0.25, 0.3) is 0 Å². The van der Waals surface area contributed by atoms with Crippen LogP contribution in [-0.2, 0) is 9.53 Å². The summed E-state index contributed by atoms with van der Waals surface area (Å²) >= 11 is 0. The van der Waals surface area contributed by atoms with Crippen LogP contribution in [0, 0.1) is 6.92 Å². The van der Waals surface area contributed by atoms with E-state index in [1.165, 1.54) is 6.08 Å². The maximum Gasteiger partial charge on any atom is 0.332 e. The molecule has 0 amide bonds. The van der Waals surface area contributed by atoms with Crippen LogP contribution in [0.25, 0.3) is 17.2 Å². The summed E-state index contributed by atoms with van der Waals surface area (Å²) in [5.41, 5.74) is 2.56. The summed E-state index contributed by atoms with van der Waals surface area (Å²) in [7, 11) is 0. The molecule has 0 atom stereocenters. The molecule has 1 aromatic carbocycles. The van der Waals surface area contributed by atoms with Crippen molar-refractivity contribution in [2.45, 2.75) is 33.3 Å². The zero-order valence-electron chi connectivity index (χ0n) is 11.7. The highest BCUT2D eigenvalue weighted by atomic mass is 16.6. The molecule has 100 valence electrons. The lowest BCUT2D eigenvalue weighted by atomic mass is 10.2. The standard InChI is InChI=1S/C15H18N2O2/c1-11-5-6-13-12(9-11)16-10-17(13)8-7-14(18)19-15(2,3)4/h5-10H,1-4H3/b8-7+. The van der Waals surface area contributed by atoms with Gasteiger partial charge in [-0.05, 0) is 45.4 Å². The third kappa shape index (κ3) is 3.44. The van der Waals surface area contributed by atoms with Gasteiger partial charge in [-0.15, -0.1) is 0 Å². The van der Waals surface area contributed by atoms with Crippen molar-refractivity contribution < 1.29 is 9.53 Å². The highest BCUT2D eigenvalue weighted by Gasteiger charge is 2.13. The van der Waals surface area contributed by atoms with E-state index >= 15 is 0 Å². The molecule has 0 N–H and O–H groups in total. The molecule has 4 heteroatoms. The number of ether oxygens (including phenoxy) is 1. The van der Waals surface area contributed by atoms with Crippen molar-refractivity contribution in [2.75, 3.05) is 0 Å². The second kappa shape index (κ2) is 4.88. The number of nitrogens with zero attached hydrogens (tertiary/aromatic N) is 2. The number of imidazole rings is 1. The Morgan fingerprint density at radius 2 is 2.11 bits per heavy atom. The summed E-state index contributed by atoms with van der Waals surface area (Å²) < 4.78 is 7.01. The van der Waals surface area contributed by atoms with Crippen LogP contribution in [0.3, 0.4) is 0 Å². The van der Waals surface area contributed by atoms with Gasteiger partial charge in [0.1, 0.15) is 5.60 Å². The molecule has 0 aliphatic carbocycles. The van der Waals surface area contributed by atoms with Crippen LogP contribution in [0.15, 0.2) is 30.6 Å². The molecular weight excluding hydrogens is 240 g/mol. The molecule has 0 bridgehead atoms. The van der Waals surface area contributed by atoms with Gasteiger partial charge in [-0.25, -0.2) is 9.78 Å². The summed E-state index contributed by atoms with van der Waals surface area (Å²) in [5.74, 6) is -0.360. The van der Waals surface area contributed by atoms with Gasteiger partial charge in [0.2, 0.25) is 0 Å². The quantitative estimate of drug-likeness (QED) is 0.614. The molecule has 0 spiro atoms. The first-order chi connectivity index (χ1) is 8.85. The predicted octanol–water partition coefficient (Wildman–Crippen LogP) is 3.16. The minimum Gasteiger partial charge on any atom is -0.457 e. The molecule has 0 aliphatic heterocycles. The molecule has 2 aromatic rings. The van der Waals surface area contributed by atoms with Crippen LogP contribution in [-0.4, -0.2) is 21.1 Å². The van der Waals surface area contributed by atoms with E-state index in [-0.39, 0.29) is 5.97 Å². The van der Waals surface area contributed by atoms with Gasteiger partial charge in [0.15, 0.2) is 0 Å². The molecule has 2 rings (SSSR count). The van der Waals surface area contributed by atoms with Gasteiger partial charge in [0, 0.05) is 12.3 Å². The number of carbonyl (C=O) groups is 1. The number of benzene rings is 1. The summed E-state index contributed by atoms with van der Waals surface area (Å²) in [5, 5.41) is 0. The second-order valence-electron chi connectivity index (χ2n) is 5.49. The van der Waals surface area contributed by atoms with E-state index in [1.807, 2.05) is 45.9 Å². The fourth-order valence-corrected chi connectivity index (χ4v) is 1.74. The monoisotopic (exact) mass is 258 g/mol. The topological polar surface area (TPSA) is 44.1 Å². The number of hydrogen-bond donors (Lipinski definition) is 0. The second-order valence-corrected chi connectivity index (χ2v) is 5.49. The van der Waals surface area contributed by atoms with E-state index in [9.17, 15) is 4.79 Å². The zero-order chi connectivity index (χ0) is 14.0. The Hall–Kier alpha value is -2.10. The first kappa shape index (κ1) is 13.3. The first-order valence-corrected chi connectivity index (χ1v) is 6.19. The minimum absolute atomic E-state index is 0.360. The van der Waals surface area contributed by atoms with Gasteiger partial charge in [0.05, 0.1) is 17.4 Å². The lowest BCUT2D eigenvalue weighted by Crippen LogP contribution is -2.22. The predicted molar refractivity (Wildman–Crippen MR) is 75.6 cm³/mol. The number of fused-ring (bicyclic) bond motifs is 1. The smallest absolute Gasteiger partial charge is 0.332 e. The van der Waals surface area contributed by atoms with Crippen LogP contribution in [0.1, 0.15) is 26.3 Å². The normalized spacial score (nSPS) is 12.2. The van der Waals surface area contributed by atoms with Crippen molar-refractivity contribution >= 4 is 23.2 Å². The third-order valence-corrected chi connectivity index (χ3v) is 2.51. The molecule has 1 aromatic heterocycles. The van der Waals surface area contributed by atoms with Crippen molar-refractivity contribution in [2.24, 2.45) is 0 Å². The SMILES string of the molecule is Cc1ccc2c(c1)ncn2/C=C/C(=O)OC(C)(C)C. The van der Waals surface area contributed by atoms with Crippen LogP contribution in [0.5, 0.6) is 0 Å². The molecule has 19 heavy (non-hydrogen) atoms. The van der Waals surface area contributed by atoms with Crippen LogP contribution < -0.4 is 0 Å². The Balaban J connectivity index is 2.20. The Bertz CT molecular complexity index is 633. The summed E-state index contributed by atoms with van der Waals surface area (Å²) in [4.78, 5) is 15.9. The van der Waals surface area contributed by atoms with E-state index in [1.54, 1.807) is 17.1 Å². The van der Waals surface area contributed by atoms with Crippen LogP contribution in [0.4, 0.5) is 0 Å². The lowest BCUT2D eigenvalue weighted by Gasteiger charge is -2.17. The number of aryl methyl sites for hydroxylation is 1. The molecule has 1 heterocycles. The highest BCUT2D eigenvalue weighted by molar-refractivity contribution is 5.87. The summed E-state index contributed by atoms with van der Waals surface area (Å²) in [6.07, 6.45) is 4.76. The van der Waals surface area contributed by atoms with Gasteiger partial charge in [-0.3, -0.25) is 0 Å². The van der Waals surface area contributed by atoms with E-state index < -0.39 is 5.60 Å². The molecule has 0 fully saturated rings. The molecule has 0 unspecified atom stereocenters. The number of rotatable bonds is 2. The van der Waals surface area contributed by atoms with Crippen molar-refractivity contribution in [3.05, 3.63) is 36.2 Å². The number of aromatic nitrogens is 2. The fraction of sp³-hybridized carbons (Fsp3) is 0.333. The number of esters is 1. The van der Waals surface area contributed by atoms with Gasteiger partial charge in [-0.2, -0.15) is 0 Å². The molecule has 4 nitrogen and oxygen atoms in total. The maximum absolute atomic E-state index is 11.6. The Kier molecular flexibility index (Phi) is 3.42. The molecule has 0 radical (unpaired) electrons. The van der Waals surface area contributed by atoms with E-state index in [2.05, 4.69) is 4.98 Å². The van der Waals surface area contributed by atoms with Gasteiger partial charge >= 0.3 is 5.97 Å². The fourth-order valence-electron chi connectivity index (χ4n) is 1.74. The van der Waals surface area contributed by atoms with Crippen LogP contribution in [0.2, 0.25) is 0 Å². The Morgan fingerprint density at radius 3 is 2.79 bits per heavy atom. The molecule has 0 saturated heterocycles. The van der Waals surface area contributed by atoms with Gasteiger partial charge in [-0.1, -0.05) is 6.07 Å². The largest absolute Gasteiger partial charge is 0.457 e. The van der Waals surface area contributed by atoms with Crippen LogP contribution >= 0.6 is 0 Å². The summed E-state index contributed by atoms with van der Waals surface area (Å²) in [6, 6.07) is 6.01. The first-order valence-electron chi connectivity index (χ1n) is 6.19. The van der Waals surface area contributed by atoms with E-state index in [4.69, 9.17) is 4.74 Å². The van der Waals surface area contributed by atoms with Crippen molar-refractivity contribution in [3.8, 4) is 0 Å². The van der Waals surface area contributed by atoms with Gasteiger partial charge < -0.3 is 9.30 Å². The van der Waals surface area contributed by atoms with E-state index in [0.717, 1.165) is 16.6 Å². The minimum atomic E-state index is -0.477. The maximum atomic E-state index is 11.6. The third-order valence-electron chi connectivity index (χ3n) is 2.51. The Morgan fingerprint density at radius 1 is 1.37 bits per heavy atom. The summed E-state index contributed by atoms with van der Waals surface area (Å²) in [6.45, 7) is 7.55. The molecule has 0 saturated carbocycles. The van der Waals surface area contributed by atoms with Crippen molar-refractivity contribution in [1.29, 1.82) is 0 Å². The number of carbonyl (C=O) groups excluding carboxylic acids is 1. The van der Waals surface area contributed by atoms with Crippen molar-refractivity contribution in [3.63, 3.8) is 0 Å². The Labute approximate surface area is 112 Å². The van der Waals surface area contributed by atoms with E-state index in [0.29, 0.717) is 0 Å². The lowest BCUT2D eigenvalue weighted by molar-refractivity contribution is -0.148. The molecule has 0 aliphatic rings. The zero-order valence-corrected chi connectivity index (χ0v) is 11.7. The van der Waals surface area contributed by atoms with Crippen molar-refractivity contribution in [1.82, 2.24) is 9.55 Å². The highest BCUT2D eigenvalue weighted by Crippen LogP contribution is 2.15.